The molecule has 0 saturated carbocycles. The lowest BCUT2D eigenvalue weighted by Gasteiger charge is -2.24. The first-order chi connectivity index (χ1) is 9.54. The minimum Gasteiger partial charge on any atom is -0.478 e. The highest BCUT2D eigenvalue weighted by Gasteiger charge is 2.27. The fourth-order valence-electron chi connectivity index (χ4n) is 2.25. The lowest BCUT2D eigenvalue weighted by molar-refractivity contribution is 0.0697. The summed E-state index contributed by atoms with van der Waals surface area (Å²) in [5.74, 6) is -0.969. The van der Waals surface area contributed by atoms with E-state index < -0.39 is 5.97 Å². The molecule has 20 heavy (non-hydrogen) atoms. The van der Waals surface area contributed by atoms with Crippen LogP contribution < -0.4 is 4.90 Å². The van der Waals surface area contributed by atoms with Crippen LogP contribution in [0, 0.1) is 11.3 Å². The van der Waals surface area contributed by atoms with E-state index in [0.29, 0.717) is 25.9 Å². The van der Waals surface area contributed by atoms with Crippen LogP contribution in [-0.2, 0) is 6.42 Å². The van der Waals surface area contributed by atoms with Crippen LogP contribution in [0.1, 0.15) is 22.3 Å². The number of urea groups is 1. The van der Waals surface area contributed by atoms with Crippen molar-refractivity contribution in [2.45, 2.75) is 12.8 Å². The highest BCUT2D eigenvalue weighted by atomic mass is 16.4. The molecule has 104 valence electrons. The molecule has 0 bridgehead atoms. The average Bonchev–Trinajstić information content (AvgIpc) is 2.86. The summed E-state index contributed by atoms with van der Waals surface area (Å²) in [6.07, 6.45) is 0.940. The van der Waals surface area contributed by atoms with Gasteiger partial charge in [-0.25, -0.2) is 9.59 Å². The molecule has 0 saturated heterocycles. The van der Waals surface area contributed by atoms with E-state index in [-0.39, 0.29) is 11.6 Å². The van der Waals surface area contributed by atoms with Gasteiger partial charge in [0.1, 0.15) is 0 Å². The number of nitriles is 1. The van der Waals surface area contributed by atoms with E-state index in [4.69, 9.17) is 10.4 Å². The van der Waals surface area contributed by atoms with Crippen LogP contribution in [0.3, 0.4) is 0 Å². The zero-order valence-electron chi connectivity index (χ0n) is 11.2. The van der Waals surface area contributed by atoms with Gasteiger partial charge in [0, 0.05) is 25.8 Å². The number of aromatic carboxylic acids is 1. The van der Waals surface area contributed by atoms with Crippen molar-refractivity contribution in [1.82, 2.24) is 4.90 Å². The molecule has 0 fully saturated rings. The summed E-state index contributed by atoms with van der Waals surface area (Å²) < 4.78 is 0. The number of amides is 2. The van der Waals surface area contributed by atoms with Gasteiger partial charge in [-0.3, -0.25) is 4.90 Å². The summed E-state index contributed by atoms with van der Waals surface area (Å²) in [7, 11) is 1.66. The highest BCUT2D eigenvalue weighted by molar-refractivity contribution is 5.95. The standard InChI is InChI=1S/C14H15N3O3/c1-16(7-2-6-15)14(20)17-8-5-10-9-11(13(18)19)3-4-12(10)17/h3-4,9H,2,5,7-8H2,1H3,(H,18,19). The van der Waals surface area contributed by atoms with Crippen LogP contribution in [0.2, 0.25) is 0 Å². The van der Waals surface area contributed by atoms with Crippen LogP contribution in [-0.4, -0.2) is 42.1 Å². The minimum absolute atomic E-state index is 0.165. The van der Waals surface area contributed by atoms with E-state index in [0.717, 1.165) is 11.3 Å². The molecule has 2 rings (SSSR count). The van der Waals surface area contributed by atoms with Crippen molar-refractivity contribution in [2.24, 2.45) is 0 Å². The molecule has 1 aromatic rings. The number of carbonyl (C=O) groups is 2. The fraction of sp³-hybridized carbons (Fsp3) is 0.357. The molecule has 2 amide bonds. The number of carboxylic acids is 1. The summed E-state index contributed by atoms with van der Waals surface area (Å²) >= 11 is 0. The van der Waals surface area contributed by atoms with Crippen LogP contribution >= 0.6 is 0 Å². The molecule has 0 aliphatic carbocycles. The number of carboxylic acid groups (broad SMARTS) is 1. The van der Waals surface area contributed by atoms with Gasteiger partial charge < -0.3 is 10.0 Å². The largest absolute Gasteiger partial charge is 0.478 e. The van der Waals surface area contributed by atoms with Crippen LogP contribution in [0.4, 0.5) is 10.5 Å². The first-order valence-corrected chi connectivity index (χ1v) is 6.30. The molecule has 0 aromatic heterocycles. The van der Waals surface area contributed by atoms with Crippen molar-refractivity contribution in [1.29, 1.82) is 5.26 Å². The molecular formula is C14H15N3O3. The quantitative estimate of drug-likeness (QED) is 0.908. The Labute approximate surface area is 116 Å². The second kappa shape index (κ2) is 5.61. The lowest BCUT2D eigenvalue weighted by Crippen LogP contribution is -2.40. The van der Waals surface area contributed by atoms with Crippen LogP contribution in [0.5, 0.6) is 0 Å². The van der Waals surface area contributed by atoms with E-state index in [1.54, 1.807) is 24.1 Å². The lowest BCUT2D eigenvalue weighted by atomic mass is 10.1. The molecule has 6 heteroatoms. The maximum Gasteiger partial charge on any atom is 0.335 e. The molecule has 0 radical (unpaired) electrons. The number of hydrogen-bond donors (Lipinski definition) is 1. The Morgan fingerprint density at radius 2 is 2.25 bits per heavy atom. The van der Waals surface area contributed by atoms with E-state index >= 15 is 0 Å². The number of benzene rings is 1. The second-order valence-electron chi connectivity index (χ2n) is 4.66. The van der Waals surface area contributed by atoms with Gasteiger partial charge in [0.05, 0.1) is 18.1 Å². The number of nitrogens with zero attached hydrogens (tertiary/aromatic N) is 3. The zero-order chi connectivity index (χ0) is 14.7. The third-order valence-electron chi connectivity index (χ3n) is 3.34. The maximum absolute atomic E-state index is 12.3. The minimum atomic E-state index is -0.969. The van der Waals surface area contributed by atoms with Crippen LogP contribution in [0.15, 0.2) is 18.2 Å². The summed E-state index contributed by atoms with van der Waals surface area (Å²) in [5, 5.41) is 17.5. The van der Waals surface area contributed by atoms with E-state index in [2.05, 4.69) is 0 Å². The van der Waals surface area contributed by atoms with Crippen molar-refractivity contribution in [3.63, 3.8) is 0 Å². The SMILES string of the molecule is CN(CCC#N)C(=O)N1CCc2cc(C(=O)O)ccc21. The Morgan fingerprint density at radius 3 is 2.90 bits per heavy atom. The van der Waals surface area contributed by atoms with Crippen molar-refractivity contribution in [2.75, 3.05) is 25.0 Å². The number of fused-ring (bicyclic) bond motifs is 1. The summed E-state index contributed by atoms with van der Waals surface area (Å²) in [6.45, 7) is 0.919. The molecule has 6 nitrogen and oxygen atoms in total. The van der Waals surface area contributed by atoms with E-state index in [9.17, 15) is 9.59 Å². The Balaban J connectivity index is 2.18. The second-order valence-corrected chi connectivity index (χ2v) is 4.66. The highest BCUT2D eigenvalue weighted by Crippen LogP contribution is 2.29. The van der Waals surface area contributed by atoms with Gasteiger partial charge in [-0.15, -0.1) is 0 Å². The topological polar surface area (TPSA) is 84.6 Å². The van der Waals surface area contributed by atoms with Gasteiger partial charge in [0.15, 0.2) is 0 Å². The van der Waals surface area contributed by atoms with E-state index in [1.807, 2.05) is 6.07 Å². The third-order valence-corrected chi connectivity index (χ3v) is 3.34. The molecular weight excluding hydrogens is 258 g/mol. The normalized spacial score (nSPS) is 12.7. The summed E-state index contributed by atoms with van der Waals surface area (Å²) in [6, 6.07) is 6.62. The van der Waals surface area contributed by atoms with Gasteiger partial charge in [0.25, 0.3) is 0 Å². The monoisotopic (exact) mass is 273 g/mol. The number of carbonyl (C=O) groups excluding carboxylic acids is 1. The Kier molecular flexibility index (Phi) is 3.89. The fourth-order valence-corrected chi connectivity index (χ4v) is 2.25. The predicted octanol–water partition coefficient (Wildman–Crippen LogP) is 1.71. The van der Waals surface area contributed by atoms with Gasteiger partial charge in [-0.2, -0.15) is 5.26 Å². The zero-order valence-corrected chi connectivity index (χ0v) is 11.2. The first kappa shape index (κ1) is 13.9. The first-order valence-electron chi connectivity index (χ1n) is 6.30. The molecule has 1 heterocycles. The van der Waals surface area contributed by atoms with Crippen molar-refractivity contribution in [3.05, 3.63) is 29.3 Å². The van der Waals surface area contributed by atoms with E-state index in [1.165, 1.54) is 11.0 Å². The Bertz CT molecular complexity index is 592. The van der Waals surface area contributed by atoms with Gasteiger partial charge in [-0.1, -0.05) is 0 Å². The van der Waals surface area contributed by atoms with Crippen molar-refractivity contribution >= 4 is 17.7 Å². The smallest absolute Gasteiger partial charge is 0.335 e. The average molecular weight is 273 g/mol. The number of hydrogen-bond acceptors (Lipinski definition) is 3. The predicted molar refractivity (Wildman–Crippen MR) is 72.7 cm³/mol. The molecule has 1 aromatic carbocycles. The Hall–Kier alpha value is -2.55. The Morgan fingerprint density at radius 1 is 1.50 bits per heavy atom. The van der Waals surface area contributed by atoms with Crippen molar-refractivity contribution in [3.8, 4) is 6.07 Å². The molecule has 1 aliphatic heterocycles. The number of anilines is 1. The van der Waals surface area contributed by atoms with Crippen molar-refractivity contribution < 1.29 is 14.7 Å². The summed E-state index contributed by atoms with van der Waals surface area (Å²) in [4.78, 5) is 26.3. The molecule has 1 N–H and O–H groups in total. The molecule has 1 aliphatic rings. The maximum atomic E-state index is 12.3. The van der Waals surface area contributed by atoms with Gasteiger partial charge >= 0.3 is 12.0 Å². The third kappa shape index (κ3) is 2.57. The molecule has 0 atom stereocenters. The van der Waals surface area contributed by atoms with Gasteiger partial charge in [-0.05, 0) is 30.2 Å². The van der Waals surface area contributed by atoms with Crippen LogP contribution in [0.25, 0.3) is 0 Å². The number of rotatable bonds is 3. The molecule has 0 spiro atoms. The van der Waals surface area contributed by atoms with Gasteiger partial charge in [0.2, 0.25) is 0 Å². The molecule has 0 unspecified atom stereocenters. The summed E-state index contributed by atoms with van der Waals surface area (Å²) in [5.41, 5.74) is 1.85.